The van der Waals surface area contributed by atoms with Crippen molar-refractivity contribution in [1.82, 2.24) is 9.46 Å². The van der Waals surface area contributed by atoms with E-state index >= 15 is 0 Å². The molecule has 0 fully saturated rings. The molecule has 0 saturated heterocycles. The summed E-state index contributed by atoms with van der Waals surface area (Å²) in [5, 5.41) is 0. The van der Waals surface area contributed by atoms with Crippen molar-refractivity contribution < 1.29 is 38.3 Å². The molecule has 0 unspecified atom stereocenters. The lowest BCUT2D eigenvalue weighted by molar-refractivity contribution is -0.132. The van der Waals surface area contributed by atoms with E-state index < -0.39 is 11.9 Å². The normalized spacial score (nSPS) is 10.7. The van der Waals surface area contributed by atoms with Crippen LogP contribution < -0.4 is 19.1 Å². The number of hydrogen-bond donors (Lipinski definition) is 0. The molecule has 0 radical (unpaired) electrons. The van der Waals surface area contributed by atoms with Crippen molar-refractivity contribution in [2.24, 2.45) is 0 Å². The lowest BCUT2D eigenvalue weighted by atomic mass is 10.1. The first-order valence-corrected chi connectivity index (χ1v) is 11.3. The predicted octanol–water partition coefficient (Wildman–Crippen LogP) is 3.67. The minimum absolute atomic E-state index is 0.120. The summed E-state index contributed by atoms with van der Waals surface area (Å²) in [5.74, 6) is -1.53. The van der Waals surface area contributed by atoms with Crippen molar-refractivity contribution in [2.45, 2.75) is 41.5 Å². The number of Topliss-reactive ketones (excluding diaryl/α,β-unsaturated/α-hetero) is 2. The van der Waals surface area contributed by atoms with Crippen LogP contribution in [0.1, 0.15) is 59.8 Å². The van der Waals surface area contributed by atoms with Gasteiger partial charge < -0.3 is 19.1 Å². The fourth-order valence-electron chi connectivity index (χ4n) is 3.99. The standard InChI is InChI=1S/C24H26N2O8S/c1-11-23(33-15(5)29)19(13(3)27)21(25(11)31-7)17-9-10-18(35-17)22-20(14(4)28)24(34-16(6)30)12(2)26(22)32-8/h9-10H,1-8H3. The van der Waals surface area contributed by atoms with E-state index in [-0.39, 0.29) is 34.2 Å². The largest absolute Gasteiger partial charge is 0.424 e. The van der Waals surface area contributed by atoms with E-state index in [2.05, 4.69) is 0 Å². The summed E-state index contributed by atoms with van der Waals surface area (Å²) >= 11 is 1.26. The van der Waals surface area contributed by atoms with Gasteiger partial charge in [-0.25, -0.2) is 0 Å². The van der Waals surface area contributed by atoms with Crippen LogP contribution in [0.3, 0.4) is 0 Å². The van der Waals surface area contributed by atoms with Crippen LogP contribution in [0.25, 0.3) is 21.1 Å². The molecule has 35 heavy (non-hydrogen) atoms. The number of aromatic nitrogens is 2. The Hall–Kier alpha value is -3.86. The minimum Gasteiger partial charge on any atom is -0.424 e. The molecular formula is C24H26N2O8S. The molecule has 0 aliphatic rings. The van der Waals surface area contributed by atoms with Crippen molar-refractivity contribution >= 4 is 34.8 Å². The Morgan fingerprint density at radius 2 is 1.03 bits per heavy atom. The monoisotopic (exact) mass is 502 g/mol. The van der Waals surface area contributed by atoms with Gasteiger partial charge in [0.25, 0.3) is 0 Å². The average molecular weight is 503 g/mol. The van der Waals surface area contributed by atoms with Crippen LogP contribution in [0.4, 0.5) is 0 Å². The van der Waals surface area contributed by atoms with E-state index in [9.17, 15) is 19.2 Å². The van der Waals surface area contributed by atoms with Crippen LogP contribution in [-0.4, -0.2) is 47.2 Å². The molecule has 0 aliphatic heterocycles. The van der Waals surface area contributed by atoms with Gasteiger partial charge in [0.05, 0.1) is 32.3 Å². The third-order valence-electron chi connectivity index (χ3n) is 5.23. The first-order chi connectivity index (χ1) is 16.4. The fraction of sp³-hybridized carbons (Fsp3) is 0.333. The van der Waals surface area contributed by atoms with Crippen LogP contribution in [0.2, 0.25) is 0 Å². The highest BCUT2D eigenvalue weighted by atomic mass is 32.1. The smallest absolute Gasteiger partial charge is 0.308 e. The number of esters is 2. The Morgan fingerprint density at radius 3 is 1.29 bits per heavy atom. The highest BCUT2D eigenvalue weighted by Gasteiger charge is 2.31. The molecule has 0 spiro atoms. The van der Waals surface area contributed by atoms with E-state index in [0.29, 0.717) is 32.5 Å². The number of carbonyl (C=O) groups is 4. The summed E-state index contributed by atoms with van der Waals surface area (Å²) in [6.07, 6.45) is 0. The fourth-order valence-corrected chi connectivity index (χ4v) is 5.06. The summed E-state index contributed by atoms with van der Waals surface area (Å²) in [4.78, 5) is 60.9. The number of thiophene rings is 1. The molecule has 0 saturated carbocycles. The summed E-state index contributed by atoms with van der Waals surface area (Å²) in [5.41, 5.74) is 2.08. The summed E-state index contributed by atoms with van der Waals surface area (Å²) in [6, 6.07) is 3.51. The Balaban J connectivity index is 2.31. The number of ketones is 2. The Morgan fingerprint density at radius 1 is 0.686 bits per heavy atom. The topological polar surface area (TPSA) is 115 Å². The van der Waals surface area contributed by atoms with E-state index in [1.807, 2.05) is 0 Å². The zero-order valence-corrected chi connectivity index (χ0v) is 21.5. The van der Waals surface area contributed by atoms with E-state index in [1.54, 1.807) is 26.0 Å². The molecule has 0 N–H and O–H groups in total. The molecule has 10 nitrogen and oxygen atoms in total. The van der Waals surface area contributed by atoms with E-state index in [1.165, 1.54) is 62.7 Å². The number of rotatable bonds is 8. The third-order valence-corrected chi connectivity index (χ3v) is 6.33. The van der Waals surface area contributed by atoms with Crippen LogP contribution in [-0.2, 0) is 9.59 Å². The maximum Gasteiger partial charge on any atom is 0.308 e. The molecule has 186 valence electrons. The van der Waals surface area contributed by atoms with E-state index in [0.717, 1.165) is 0 Å². The molecule has 3 aromatic heterocycles. The Labute approximate surface area is 205 Å². The summed E-state index contributed by atoms with van der Waals surface area (Å²) in [7, 11) is 2.87. The zero-order chi connectivity index (χ0) is 26.2. The summed E-state index contributed by atoms with van der Waals surface area (Å²) < 4.78 is 13.5. The van der Waals surface area contributed by atoms with Crippen molar-refractivity contribution in [2.75, 3.05) is 14.2 Å². The second-order valence-corrected chi connectivity index (χ2v) is 8.78. The van der Waals surface area contributed by atoms with Gasteiger partial charge in [0, 0.05) is 13.8 Å². The second kappa shape index (κ2) is 9.79. The highest BCUT2D eigenvalue weighted by molar-refractivity contribution is 7.18. The SMILES string of the molecule is COn1c(C)c(OC(C)=O)c(C(C)=O)c1-c1ccc(-c2c(C(C)=O)c(OC(C)=O)c(C)n2OC)s1. The van der Waals surface area contributed by atoms with Gasteiger partial charge in [-0.1, -0.05) is 0 Å². The summed E-state index contributed by atoms with van der Waals surface area (Å²) in [6.45, 7) is 8.59. The van der Waals surface area contributed by atoms with Gasteiger partial charge in [-0.2, -0.15) is 9.46 Å². The minimum atomic E-state index is -0.570. The van der Waals surface area contributed by atoms with Crippen molar-refractivity contribution in [3.05, 3.63) is 34.6 Å². The third kappa shape index (κ3) is 4.46. The molecule has 0 atom stereocenters. The Bertz CT molecular complexity index is 1260. The number of hydrogen-bond acceptors (Lipinski definition) is 9. The number of nitrogens with zero attached hydrogens (tertiary/aromatic N) is 2. The van der Waals surface area contributed by atoms with Crippen molar-refractivity contribution in [3.63, 3.8) is 0 Å². The Kier molecular flexibility index (Phi) is 7.20. The molecular weight excluding hydrogens is 476 g/mol. The van der Waals surface area contributed by atoms with Crippen LogP contribution in [0.5, 0.6) is 11.5 Å². The van der Waals surface area contributed by atoms with Crippen LogP contribution in [0, 0.1) is 13.8 Å². The lowest BCUT2D eigenvalue weighted by Crippen LogP contribution is -2.10. The van der Waals surface area contributed by atoms with Crippen LogP contribution >= 0.6 is 11.3 Å². The van der Waals surface area contributed by atoms with E-state index in [4.69, 9.17) is 19.1 Å². The molecule has 0 amide bonds. The maximum atomic E-state index is 12.6. The van der Waals surface area contributed by atoms with Crippen molar-refractivity contribution in [1.29, 1.82) is 0 Å². The second-order valence-electron chi connectivity index (χ2n) is 7.69. The first kappa shape index (κ1) is 25.8. The molecule has 3 heterocycles. The van der Waals surface area contributed by atoms with Gasteiger partial charge >= 0.3 is 11.9 Å². The van der Waals surface area contributed by atoms with Gasteiger partial charge in [0.1, 0.15) is 25.6 Å². The number of carbonyl (C=O) groups excluding carboxylic acids is 4. The molecule has 3 aromatic rings. The molecule has 3 rings (SSSR count). The van der Waals surface area contributed by atoms with Gasteiger partial charge in [-0.05, 0) is 39.8 Å². The number of ether oxygens (including phenoxy) is 2. The zero-order valence-electron chi connectivity index (χ0n) is 20.7. The average Bonchev–Trinajstić information content (AvgIpc) is 3.41. The lowest BCUT2D eigenvalue weighted by Gasteiger charge is -2.09. The predicted molar refractivity (Wildman–Crippen MR) is 128 cm³/mol. The molecule has 0 aliphatic carbocycles. The van der Waals surface area contributed by atoms with Crippen LogP contribution in [0.15, 0.2) is 12.1 Å². The van der Waals surface area contributed by atoms with Gasteiger partial charge in [-0.15, -0.1) is 11.3 Å². The molecule has 0 bridgehead atoms. The molecule has 11 heteroatoms. The first-order valence-electron chi connectivity index (χ1n) is 10.5. The molecule has 0 aromatic carbocycles. The quantitative estimate of drug-likeness (QED) is 0.338. The highest BCUT2D eigenvalue weighted by Crippen LogP contribution is 2.44. The van der Waals surface area contributed by atoms with Gasteiger partial charge in [0.2, 0.25) is 0 Å². The maximum absolute atomic E-state index is 12.6. The van der Waals surface area contributed by atoms with Gasteiger partial charge in [0.15, 0.2) is 23.1 Å². The van der Waals surface area contributed by atoms with Crippen molar-refractivity contribution in [3.8, 4) is 32.6 Å². The van der Waals surface area contributed by atoms with Gasteiger partial charge in [-0.3, -0.25) is 19.2 Å².